The molecule has 3 nitrogen and oxygen atoms in total. The van der Waals surface area contributed by atoms with Crippen molar-refractivity contribution in [2.24, 2.45) is 0 Å². The lowest BCUT2D eigenvalue weighted by Crippen LogP contribution is -1.93. The molecule has 0 radical (unpaired) electrons. The fourth-order valence-electron chi connectivity index (χ4n) is 1.06. The molecule has 4 N–H and O–H groups in total. The molecule has 0 aliphatic rings. The van der Waals surface area contributed by atoms with Crippen LogP contribution in [-0.4, -0.2) is 11.1 Å². The van der Waals surface area contributed by atoms with Crippen LogP contribution in [0.5, 0.6) is 0 Å². The molecule has 0 fully saturated rings. The number of hydrogen-bond acceptors (Lipinski definition) is 2. The molecule has 0 atom stereocenters. The third-order valence-corrected chi connectivity index (χ3v) is 1.74. The smallest absolute Gasteiger partial charge is 0.303 e. The van der Waals surface area contributed by atoms with Gasteiger partial charge in [0.1, 0.15) is 0 Å². The Kier molecular flexibility index (Phi) is 24.8. The Bertz CT molecular complexity index is 136. The van der Waals surface area contributed by atoms with Gasteiger partial charge in [-0.05, 0) is 13.3 Å². The maximum atomic E-state index is 10.1. The van der Waals surface area contributed by atoms with E-state index in [1.165, 1.54) is 25.7 Å². The van der Waals surface area contributed by atoms with Crippen LogP contribution in [0.2, 0.25) is 0 Å². The summed E-state index contributed by atoms with van der Waals surface area (Å²) >= 11 is 0. The third kappa shape index (κ3) is 32.0. The highest BCUT2D eigenvalue weighted by molar-refractivity contribution is 5.66. The fraction of sp³-hybridized carbons (Fsp3) is 0.750. The molecule has 0 rings (SSSR count). The Labute approximate surface area is 94.2 Å². The lowest BCUT2D eigenvalue weighted by Gasteiger charge is -1.97. The zero-order chi connectivity index (χ0) is 11.2. The summed E-state index contributed by atoms with van der Waals surface area (Å²) in [6.45, 7) is 7.43. The Morgan fingerprint density at radius 3 is 2.00 bits per heavy atom. The van der Waals surface area contributed by atoms with Crippen LogP contribution in [0.1, 0.15) is 58.8 Å². The Balaban J connectivity index is -0.000000320. The molecule has 0 aromatic heterocycles. The van der Waals surface area contributed by atoms with E-state index < -0.39 is 5.97 Å². The molecule has 0 spiro atoms. The average molecular weight is 217 g/mol. The Morgan fingerprint density at radius 2 is 1.60 bits per heavy atom. The standard InChI is InChI=1S/C9H18O2.C3H6.H3N/c1-2-3-4-5-6-7-8-9(10)11;1-3-2;/h2-8H2,1H3,(H,10,11);3H,1H2,2H3;1H3. The minimum Gasteiger partial charge on any atom is -0.481 e. The monoisotopic (exact) mass is 217 g/mol. The van der Waals surface area contributed by atoms with Crippen LogP contribution in [0.4, 0.5) is 0 Å². The van der Waals surface area contributed by atoms with Crippen LogP contribution in [0.15, 0.2) is 12.7 Å². The number of allylic oxidation sites excluding steroid dienone is 1. The second-order valence-electron chi connectivity index (χ2n) is 3.32. The summed E-state index contributed by atoms with van der Waals surface area (Å²) < 4.78 is 0. The molecular formula is C12H27NO2. The third-order valence-electron chi connectivity index (χ3n) is 1.74. The first-order chi connectivity index (χ1) is 6.68. The molecule has 0 amide bonds. The van der Waals surface area contributed by atoms with Gasteiger partial charge in [0, 0.05) is 6.42 Å². The summed E-state index contributed by atoms with van der Waals surface area (Å²) in [6, 6.07) is 0. The summed E-state index contributed by atoms with van der Waals surface area (Å²) in [7, 11) is 0. The van der Waals surface area contributed by atoms with Gasteiger partial charge in [-0.3, -0.25) is 4.79 Å². The Morgan fingerprint density at radius 1 is 1.20 bits per heavy atom. The van der Waals surface area contributed by atoms with E-state index in [0.717, 1.165) is 12.8 Å². The summed E-state index contributed by atoms with van der Waals surface area (Å²) in [5.74, 6) is -0.666. The Hall–Kier alpha value is -0.830. The van der Waals surface area contributed by atoms with Gasteiger partial charge in [0.25, 0.3) is 0 Å². The van der Waals surface area contributed by atoms with Gasteiger partial charge in [-0.1, -0.05) is 45.1 Å². The predicted octanol–water partition coefficient (Wildman–Crippen LogP) is 4.18. The topological polar surface area (TPSA) is 72.3 Å². The van der Waals surface area contributed by atoms with E-state index in [1.54, 1.807) is 6.08 Å². The molecule has 0 unspecified atom stereocenters. The lowest BCUT2D eigenvalue weighted by atomic mass is 10.1. The maximum absolute atomic E-state index is 10.1. The van der Waals surface area contributed by atoms with Crippen molar-refractivity contribution in [3.63, 3.8) is 0 Å². The van der Waals surface area contributed by atoms with Gasteiger partial charge in [0.05, 0.1) is 0 Å². The molecule has 3 heteroatoms. The highest BCUT2D eigenvalue weighted by Gasteiger charge is 1.95. The zero-order valence-electron chi connectivity index (χ0n) is 10.3. The van der Waals surface area contributed by atoms with Gasteiger partial charge < -0.3 is 11.3 Å². The van der Waals surface area contributed by atoms with Gasteiger partial charge >= 0.3 is 5.97 Å². The lowest BCUT2D eigenvalue weighted by molar-refractivity contribution is -0.137. The van der Waals surface area contributed by atoms with Gasteiger partial charge in [0.15, 0.2) is 0 Å². The van der Waals surface area contributed by atoms with Gasteiger partial charge in [0.2, 0.25) is 0 Å². The molecule has 0 saturated heterocycles. The highest BCUT2D eigenvalue weighted by Crippen LogP contribution is 2.06. The summed E-state index contributed by atoms with van der Waals surface area (Å²) in [5, 5.41) is 8.32. The van der Waals surface area contributed by atoms with E-state index in [4.69, 9.17) is 5.11 Å². The van der Waals surface area contributed by atoms with Crippen molar-refractivity contribution < 1.29 is 9.90 Å². The second-order valence-corrected chi connectivity index (χ2v) is 3.32. The van der Waals surface area contributed by atoms with Crippen LogP contribution in [0.3, 0.4) is 0 Å². The number of aliphatic carboxylic acids is 1. The van der Waals surface area contributed by atoms with Crippen LogP contribution >= 0.6 is 0 Å². The minimum atomic E-state index is -0.666. The van der Waals surface area contributed by atoms with E-state index in [9.17, 15) is 4.79 Å². The van der Waals surface area contributed by atoms with Crippen molar-refractivity contribution in [3.8, 4) is 0 Å². The SMILES string of the molecule is C=CC.CCCCCCCCC(=O)O.N. The predicted molar refractivity (Wildman–Crippen MR) is 66.5 cm³/mol. The number of carbonyl (C=O) groups is 1. The van der Waals surface area contributed by atoms with E-state index in [1.807, 2.05) is 6.92 Å². The maximum Gasteiger partial charge on any atom is 0.303 e. The average Bonchev–Trinajstić information content (AvgIpc) is 2.12. The number of carboxylic acids is 1. The molecule has 92 valence electrons. The summed E-state index contributed by atoms with van der Waals surface area (Å²) in [6.07, 6.45) is 9.00. The van der Waals surface area contributed by atoms with Crippen molar-refractivity contribution in [1.29, 1.82) is 0 Å². The van der Waals surface area contributed by atoms with E-state index in [-0.39, 0.29) is 6.15 Å². The molecule has 0 aromatic carbocycles. The van der Waals surface area contributed by atoms with E-state index >= 15 is 0 Å². The molecule has 0 aromatic rings. The number of carboxylic acid groups (broad SMARTS) is 1. The second kappa shape index (κ2) is 18.9. The van der Waals surface area contributed by atoms with Gasteiger partial charge in [-0.15, -0.1) is 6.58 Å². The molecule has 0 aliphatic heterocycles. The summed E-state index contributed by atoms with van der Waals surface area (Å²) in [4.78, 5) is 10.1. The zero-order valence-corrected chi connectivity index (χ0v) is 10.3. The quantitative estimate of drug-likeness (QED) is 0.496. The first kappa shape index (κ1) is 19.7. The van der Waals surface area contributed by atoms with Crippen LogP contribution in [0, 0.1) is 0 Å². The van der Waals surface area contributed by atoms with Gasteiger partial charge in [-0.2, -0.15) is 0 Å². The van der Waals surface area contributed by atoms with Crippen molar-refractivity contribution in [3.05, 3.63) is 12.7 Å². The summed E-state index contributed by atoms with van der Waals surface area (Å²) in [5.41, 5.74) is 0. The normalized spacial score (nSPS) is 8.13. The van der Waals surface area contributed by atoms with Crippen molar-refractivity contribution in [2.75, 3.05) is 0 Å². The number of rotatable bonds is 7. The molecule has 0 saturated carbocycles. The first-order valence-corrected chi connectivity index (χ1v) is 5.47. The van der Waals surface area contributed by atoms with Crippen LogP contribution < -0.4 is 6.15 Å². The highest BCUT2D eigenvalue weighted by atomic mass is 16.4. The molecule has 0 bridgehead atoms. The number of unbranched alkanes of at least 4 members (excludes halogenated alkanes) is 5. The molecule has 0 heterocycles. The van der Waals surface area contributed by atoms with Crippen molar-refractivity contribution in [2.45, 2.75) is 58.8 Å². The van der Waals surface area contributed by atoms with Crippen molar-refractivity contribution >= 4 is 5.97 Å². The van der Waals surface area contributed by atoms with Gasteiger partial charge in [-0.25, -0.2) is 0 Å². The molecule has 15 heavy (non-hydrogen) atoms. The molecule has 0 aliphatic carbocycles. The van der Waals surface area contributed by atoms with E-state index in [0.29, 0.717) is 6.42 Å². The molecular weight excluding hydrogens is 190 g/mol. The van der Waals surface area contributed by atoms with Crippen molar-refractivity contribution in [1.82, 2.24) is 6.15 Å². The fourth-order valence-corrected chi connectivity index (χ4v) is 1.06. The largest absolute Gasteiger partial charge is 0.481 e. The number of hydrogen-bond donors (Lipinski definition) is 2. The van der Waals surface area contributed by atoms with Crippen LogP contribution in [0.25, 0.3) is 0 Å². The van der Waals surface area contributed by atoms with E-state index in [2.05, 4.69) is 13.5 Å². The van der Waals surface area contributed by atoms with Crippen LogP contribution in [-0.2, 0) is 4.79 Å². The minimum absolute atomic E-state index is 0. The first-order valence-electron chi connectivity index (χ1n) is 5.47.